The van der Waals surface area contributed by atoms with Gasteiger partial charge < -0.3 is 14.5 Å². The molecule has 0 aromatic heterocycles. The van der Waals surface area contributed by atoms with E-state index in [2.05, 4.69) is 278 Å². The van der Waals surface area contributed by atoms with Crippen molar-refractivity contribution in [3.05, 3.63) is 266 Å². The predicted octanol–water partition coefficient (Wildman–Crippen LogP) is 18.9. The van der Waals surface area contributed by atoms with E-state index in [0.717, 1.165) is 67.5 Å². The third-order valence-corrected chi connectivity index (χ3v) is 14.4. The molecule has 0 radical (unpaired) electrons. The van der Waals surface area contributed by atoms with Crippen LogP contribution < -0.4 is 14.5 Å². The quantitative estimate of drug-likeness (QED) is 0.144. The highest BCUT2D eigenvalue weighted by Gasteiger charge is 2.36. The maximum absolute atomic E-state index is 7.20. The minimum absolute atomic E-state index is 0.151. The summed E-state index contributed by atoms with van der Waals surface area (Å²) in [6, 6.07) is 92.1. The molecule has 3 heteroatoms. The molecule has 11 aromatic carbocycles. The number of nitrogens with zero attached hydrogens (tertiary/aromatic N) is 2. The van der Waals surface area contributed by atoms with Crippen LogP contribution in [0.5, 0.6) is 11.5 Å². The van der Waals surface area contributed by atoms with Crippen molar-refractivity contribution in [3.8, 4) is 67.1 Å². The average molecular weight is 897 g/mol. The van der Waals surface area contributed by atoms with Gasteiger partial charge in [0.25, 0.3) is 0 Å². The fraction of sp³-hybridized carbons (Fsp3) is 0.0448. The number of benzene rings is 11. The van der Waals surface area contributed by atoms with Gasteiger partial charge in [0.15, 0.2) is 0 Å². The van der Waals surface area contributed by atoms with Gasteiger partial charge in [0, 0.05) is 45.2 Å². The normalized spacial score (nSPS) is 12.7. The lowest BCUT2D eigenvalue weighted by Gasteiger charge is -2.32. The van der Waals surface area contributed by atoms with E-state index < -0.39 is 0 Å². The number of rotatable bonds is 9. The zero-order chi connectivity index (χ0) is 46.8. The van der Waals surface area contributed by atoms with Gasteiger partial charge in [-0.05, 0) is 133 Å². The molecule has 1 aliphatic heterocycles. The van der Waals surface area contributed by atoms with Gasteiger partial charge in [0.2, 0.25) is 0 Å². The van der Waals surface area contributed by atoms with Crippen LogP contribution >= 0.6 is 0 Å². The summed E-state index contributed by atoms with van der Waals surface area (Å²) in [7, 11) is 0. The lowest BCUT2D eigenvalue weighted by molar-refractivity contribution is 0.487. The SMILES string of the molecule is CC1(C)c2ccccc2-c2ccc(N(c3ccc(-c4ccccc4)cc3)c3cc4c5c(cccc5c3)-c3c(cccc3N(c3ccc(-c5ccccc5)cc3)c3ccc(-c5ccccc5)cc3)O4)cc21. The van der Waals surface area contributed by atoms with Crippen LogP contribution in [0.1, 0.15) is 25.0 Å². The van der Waals surface area contributed by atoms with Crippen molar-refractivity contribution >= 4 is 44.9 Å². The molecule has 11 aromatic rings. The minimum atomic E-state index is -0.151. The van der Waals surface area contributed by atoms with Crippen LogP contribution in [-0.2, 0) is 5.41 Å². The molecule has 1 heterocycles. The Morgan fingerprint density at radius 3 is 1.37 bits per heavy atom. The van der Waals surface area contributed by atoms with Crippen LogP contribution in [0.25, 0.3) is 66.4 Å². The van der Waals surface area contributed by atoms with Crippen molar-refractivity contribution in [3.63, 3.8) is 0 Å². The zero-order valence-corrected chi connectivity index (χ0v) is 39.1. The molecule has 3 nitrogen and oxygen atoms in total. The molecule has 0 saturated heterocycles. The Labute approximate surface area is 409 Å². The van der Waals surface area contributed by atoms with Gasteiger partial charge in [-0.2, -0.15) is 0 Å². The van der Waals surface area contributed by atoms with E-state index in [9.17, 15) is 0 Å². The first kappa shape index (κ1) is 41.3. The van der Waals surface area contributed by atoms with Gasteiger partial charge in [0.05, 0.1) is 11.4 Å². The summed E-state index contributed by atoms with van der Waals surface area (Å²) in [6.07, 6.45) is 0. The molecule has 0 fully saturated rings. The molecular formula is C67H48N2O. The molecule has 0 N–H and O–H groups in total. The fourth-order valence-corrected chi connectivity index (χ4v) is 11.0. The maximum atomic E-state index is 7.20. The Kier molecular flexibility index (Phi) is 9.85. The van der Waals surface area contributed by atoms with Crippen LogP contribution in [0.15, 0.2) is 255 Å². The van der Waals surface area contributed by atoms with E-state index >= 15 is 0 Å². The third kappa shape index (κ3) is 6.97. The first-order valence-electron chi connectivity index (χ1n) is 24.2. The Balaban J connectivity index is 0.954. The monoisotopic (exact) mass is 896 g/mol. The molecule has 1 aliphatic carbocycles. The van der Waals surface area contributed by atoms with Gasteiger partial charge in [-0.15, -0.1) is 0 Å². The zero-order valence-electron chi connectivity index (χ0n) is 39.1. The van der Waals surface area contributed by atoms with Crippen LogP contribution in [-0.4, -0.2) is 0 Å². The summed E-state index contributed by atoms with van der Waals surface area (Å²) in [6.45, 7) is 4.70. The average Bonchev–Trinajstić information content (AvgIpc) is 3.65. The van der Waals surface area contributed by atoms with E-state index in [1.807, 2.05) is 0 Å². The highest BCUT2D eigenvalue weighted by Crippen LogP contribution is 2.55. The van der Waals surface area contributed by atoms with Gasteiger partial charge in [-0.25, -0.2) is 0 Å². The van der Waals surface area contributed by atoms with Crippen LogP contribution in [0.2, 0.25) is 0 Å². The van der Waals surface area contributed by atoms with Crippen molar-refractivity contribution in [2.45, 2.75) is 19.3 Å². The third-order valence-electron chi connectivity index (χ3n) is 14.4. The van der Waals surface area contributed by atoms with Crippen molar-refractivity contribution in [1.82, 2.24) is 0 Å². The molecule has 0 atom stereocenters. The summed E-state index contributed by atoms with van der Waals surface area (Å²) >= 11 is 0. The van der Waals surface area contributed by atoms with E-state index in [-0.39, 0.29) is 5.41 Å². The largest absolute Gasteiger partial charge is 0.456 e. The van der Waals surface area contributed by atoms with Crippen molar-refractivity contribution in [1.29, 1.82) is 0 Å². The Bertz CT molecular complexity index is 3650. The second-order valence-corrected chi connectivity index (χ2v) is 18.9. The summed E-state index contributed by atoms with van der Waals surface area (Å²) in [5, 5.41) is 2.20. The van der Waals surface area contributed by atoms with Crippen molar-refractivity contribution in [2.24, 2.45) is 0 Å². The Morgan fingerprint density at radius 1 is 0.314 bits per heavy atom. The highest BCUT2D eigenvalue weighted by atomic mass is 16.5. The van der Waals surface area contributed by atoms with Gasteiger partial charge in [-0.3, -0.25) is 0 Å². The molecule has 2 aliphatic rings. The number of anilines is 6. The second-order valence-electron chi connectivity index (χ2n) is 18.9. The Morgan fingerprint density at radius 2 is 0.786 bits per heavy atom. The molecular weight excluding hydrogens is 849 g/mol. The lowest BCUT2D eigenvalue weighted by atomic mass is 9.82. The van der Waals surface area contributed by atoms with E-state index in [1.165, 1.54) is 55.6 Å². The van der Waals surface area contributed by atoms with Crippen LogP contribution in [0.3, 0.4) is 0 Å². The summed E-state index contributed by atoms with van der Waals surface area (Å²) in [5.74, 6) is 1.65. The Hall–Kier alpha value is -8.92. The summed E-state index contributed by atoms with van der Waals surface area (Å²) < 4.78 is 7.20. The van der Waals surface area contributed by atoms with Crippen molar-refractivity contribution in [2.75, 3.05) is 9.80 Å². The van der Waals surface area contributed by atoms with Crippen LogP contribution in [0, 0.1) is 0 Å². The van der Waals surface area contributed by atoms with E-state index in [1.54, 1.807) is 0 Å². The second kappa shape index (κ2) is 16.7. The first-order chi connectivity index (χ1) is 34.5. The molecule has 0 unspecified atom stereocenters. The van der Waals surface area contributed by atoms with Crippen LogP contribution in [0.4, 0.5) is 34.1 Å². The topological polar surface area (TPSA) is 15.7 Å². The van der Waals surface area contributed by atoms with Crippen molar-refractivity contribution < 1.29 is 4.74 Å². The van der Waals surface area contributed by atoms with E-state index in [4.69, 9.17) is 4.74 Å². The van der Waals surface area contributed by atoms with Gasteiger partial charge >= 0.3 is 0 Å². The lowest BCUT2D eigenvalue weighted by Crippen LogP contribution is -2.16. The molecule has 0 saturated carbocycles. The van der Waals surface area contributed by atoms with Gasteiger partial charge in [0.1, 0.15) is 11.5 Å². The molecule has 70 heavy (non-hydrogen) atoms. The standard InChI is InChI=1S/C67H48N2O/c1-67(2)60-25-13-12-23-57(60)58-41-40-55(43-61(58)67)68(52-34-28-48(29-35-52)45-16-6-3-7-17-45)56-42-51-22-14-24-59-65(51)64(44-56)70-63-27-15-26-62(66(59)63)69(53-36-30-49(31-37-53)46-18-8-4-9-19-46)54-38-32-50(33-39-54)47-20-10-5-11-21-47/h3-44H,1-2H3. The summed E-state index contributed by atoms with van der Waals surface area (Å²) in [5.41, 5.74) is 20.8. The first-order valence-corrected chi connectivity index (χ1v) is 24.2. The number of hydrogen-bond acceptors (Lipinski definition) is 3. The smallest absolute Gasteiger partial charge is 0.138 e. The number of hydrogen-bond donors (Lipinski definition) is 0. The predicted molar refractivity (Wildman–Crippen MR) is 293 cm³/mol. The summed E-state index contributed by atoms with van der Waals surface area (Å²) in [4.78, 5) is 4.77. The molecule has 0 spiro atoms. The van der Waals surface area contributed by atoms with Gasteiger partial charge in [-0.1, -0.05) is 196 Å². The molecule has 13 rings (SSSR count). The fourth-order valence-electron chi connectivity index (χ4n) is 11.0. The minimum Gasteiger partial charge on any atom is -0.456 e. The number of fused-ring (bicyclic) bond motifs is 5. The molecule has 0 amide bonds. The molecule has 0 bridgehead atoms. The maximum Gasteiger partial charge on any atom is 0.138 e. The highest BCUT2D eigenvalue weighted by molar-refractivity contribution is 6.09. The number of ether oxygens (including phenoxy) is 1. The van der Waals surface area contributed by atoms with E-state index in [0.29, 0.717) is 0 Å². The molecule has 332 valence electrons.